The van der Waals surface area contributed by atoms with E-state index in [2.05, 4.69) is 25.0 Å². The quantitative estimate of drug-likeness (QED) is 0.868. The molecular weight excluding hydrogens is 330 g/mol. The van der Waals surface area contributed by atoms with Crippen LogP contribution in [0.25, 0.3) is 11.3 Å². The van der Waals surface area contributed by atoms with Crippen LogP contribution >= 0.6 is 0 Å². The lowest BCUT2D eigenvalue weighted by atomic mass is 10.2. The van der Waals surface area contributed by atoms with Crippen LogP contribution in [0.4, 0.5) is 32.0 Å². The number of hydrogen-bond acceptors (Lipinski definition) is 5. The molecule has 0 aliphatic carbocycles. The second kappa shape index (κ2) is 5.89. The maximum absolute atomic E-state index is 12.4. The number of aromatic nitrogens is 3. The van der Waals surface area contributed by atoms with Crippen molar-refractivity contribution in [3.8, 4) is 17.0 Å². The zero-order valence-corrected chi connectivity index (χ0v) is 11.3. The highest BCUT2D eigenvalue weighted by Crippen LogP contribution is 2.32. The van der Waals surface area contributed by atoms with Crippen molar-refractivity contribution in [2.24, 2.45) is 0 Å². The lowest BCUT2D eigenvalue weighted by molar-refractivity contribution is -0.274. The van der Waals surface area contributed by atoms with Crippen LogP contribution in [-0.4, -0.2) is 28.4 Å². The van der Waals surface area contributed by atoms with Crippen molar-refractivity contribution < 1.29 is 31.1 Å². The summed E-state index contributed by atoms with van der Waals surface area (Å²) in [6.45, 7) is 0. The number of nitrogens with zero attached hydrogens (tertiary/aromatic N) is 3. The van der Waals surface area contributed by atoms with Crippen LogP contribution in [0.5, 0.6) is 5.75 Å². The van der Waals surface area contributed by atoms with Gasteiger partial charge in [-0.2, -0.15) is 13.2 Å². The molecule has 0 aliphatic heterocycles. The van der Waals surface area contributed by atoms with Gasteiger partial charge in [-0.1, -0.05) is 0 Å². The molecular formula is C12H8F6N4O. The molecule has 0 spiro atoms. The van der Waals surface area contributed by atoms with E-state index in [0.717, 1.165) is 18.6 Å². The van der Waals surface area contributed by atoms with E-state index in [1.807, 2.05) is 0 Å². The van der Waals surface area contributed by atoms with Gasteiger partial charge >= 0.3 is 12.5 Å². The van der Waals surface area contributed by atoms with Crippen molar-refractivity contribution in [2.75, 3.05) is 12.4 Å². The van der Waals surface area contributed by atoms with E-state index in [-0.39, 0.29) is 16.9 Å². The minimum Gasteiger partial charge on any atom is -0.402 e. The van der Waals surface area contributed by atoms with Crippen molar-refractivity contribution in [1.82, 2.24) is 15.0 Å². The van der Waals surface area contributed by atoms with Gasteiger partial charge in [0.25, 0.3) is 0 Å². The number of anilines is 1. The van der Waals surface area contributed by atoms with Gasteiger partial charge < -0.3 is 10.1 Å². The molecule has 5 nitrogen and oxygen atoms in total. The van der Waals surface area contributed by atoms with E-state index in [4.69, 9.17) is 0 Å². The van der Waals surface area contributed by atoms with Gasteiger partial charge in [-0.15, -0.1) is 13.2 Å². The van der Waals surface area contributed by atoms with Crippen LogP contribution in [0.1, 0.15) is 5.82 Å². The third-order valence-electron chi connectivity index (χ3n) is 2.56. The maximum Gasteiger partial charge on any atom is 0.573 e. The zero-order valence-electron chi connectivity index (χ0n) is 11.3. The minimum atomic E-state index is -4.90. The molecule has 2 aromatic rings. The van der Waals surface area contributed by atoms with Crippen LogP contribution < -0.4 is 10.1 Å². The fraction of sp³-hybridized carbons (Fsp3) is 0.250. The van der Waals surface area contributed by atoms with Gasteiger partial charge in [-0.3, -0.25) is 4.98 Å². The number of pyridine rings is 1. The average Bonchev–Trinajstić information content (AvgIpc) is 2.45. The van der Waals surface area contributed by atoms with Gasteiger partial charge in [-0.05, 0) is 6.07 Å². The summed E-state index contributed by atoms with van der Waals surface area (Å²) in [4.78, 5) is 10.0. The molecule has 2 heterocycles. The molecule has 0 fully saturated rings. The summed E-state index contributed by atoms with van der Waals surface area (Å²) < 4.78 is 77.6. The van der Waals surface area contributed by atoms with Gasteiger partial charge in [0.05, 0.1) is 17.6 Å². The average molecular weight is 338 g/mol. The first kappa shape index (κ1) is 16.8. The minimum absolute atomic E-state index is 0.0489. The Morgan fingerprint density at radius 2 is 1.57 bits per heavy atom. The van der Waals surface area contributed by atoms with E-state index in [9.17, 15) is 26.3 Å². The number of hydrogen-bond donors (Lipinski definition) is 1. The molecule has 0 saturated carbocycles. The molecule has 2 aromatic heterocycles. The molecule has 11 heteroatoms. The fourth-order valence-electron chi connectivity index (χ4n) is 1.61. The van der Waals surface area contributed by atoms with Gasteiger partial charge in [0, 0.05) is 25.0 Å². The van der Waals surface area contributed by atoms with Crippen molar-refractivity contribution >= 4 is 5.69 Å². The van der Waals surface area contributed by atoms with Crippen LogP contribution in [0.3, 0.4) is 0 Å². The maximum atomic E-state index is 12.4. The molecule has 2 rings (SSSR count). The monoisotopic (exact) mass is 338 g/mol. The second-order valence-electron chi connectivity index (χ2n) is 4.16. The summed E-state index contributed by atoms with van der Waals surface area (Å²) in [5, 5.41) is 2.48. The molecule has 0 aliphatic rings. The number of ether oxygens (including phenoxy) is 1. The Hall–Kier alpha value is -2.59. The predicted molar refractivity (Wildman–Crippen MR) is 66.5 cm³/mol. The summed E-state index contributed by atoms with van der Waals surface area (Å²) in [5.41, 5.74) is 0.137. The van der Waals surface area contributed by atoms with Crippen LogP contribution in [0.2, 0.25) is 0 Å². The highest BCUT2D eigenvalue weighted by molar-refractivity contribution is 5.66. The largest absolute Gasteiger partial charge is 0.573 e. The summed E-state index contributed by atoms with van der Waals surface area (Å²) >= 11 is 0. The third-order valence-corrected chi connectivity index (χ3v) is 2.56. The van der Waals surface area contributed by atoms with Gasteiger partial charge in [-0.25, -0.2) is 9.97 Å². The Balaban J connectivity index is 2.34. The van der Waals surface area contributed by atoms with Gasteiger partial charge in [0.15, 0.2) is 5.75 Å². The third kappa shape index (κ3) is 4.20. The molecule has 0 radical (unpaired) electrons. The van der Waals surface area contributed by atoms with Crippen molar-refractivity contribution in [2.45, 2.75) is 12.5 Å². The Morgan fingerprint density at radius 1 is 0.957 bits per heavy atom. The van der Waals surface area contributed by atoms with Crippen molar-refractivity contribution in [3.63, 3.8) is 0 Å². The van der Waals surface area contributed by atoms with Crippen molar-refractivity contribution in [3.05, 3.63) is 30.5 Å². The molecule has 0 saturated heterocycles. The summed E-state index contributed by atoms with van der Waals surface area (Å²) in [7, 11) is 1.35. The number of rotatable bonds is 3. The topological polar surface area (TPSA) is 59.9 Å². The molecule has 1 N–H and O–H groups in total. The summed E-state index contributed by atoms with van der Waals surface area (Å²) in [6, 6.07) is 1.17. The van der Waals surface area contributed by atoms with Gasteiger partial charge in [0.2, 0.25) is 5.82 Å². The van der Waals surface area contributed by atoms with Crippen LogP contribution in [0, 0.1) is 0 Å². The molecule has 0 amide bonds. The Kier molecular flexibility index (Phi) is 4.30. The lowest BCUT2D eigenvalue weighted by Gasteiger charge is -2.13. The van der Waals surface area contributed by atoms with Crippen LogP contribution in [-0.2, 0) is 6.18 Å². The number of alkyl halides is 6. The highest BCUT2D eigenvalue weighted by atomic mass is 19.4. The standard InChI is InChI=1S/C12H8F6N4O/c1-19-8-2-7(20-5-9(8)23-12(16,17)18)6-3-21-10(22-4-6)11(13,14)15/h2-5H,1H3,(H,19,20). The molecule has 0 unspecified atom stereocenters. The molecule has 0 aromatic carbocycles. The van der Waals surface area contributed by atoms with E-state index < -0.39 is 24.1 Å². The Morgan fingerprint density at radius 3 is 2.04 bits per heavy atom. The van der Waals surface area contributed by atoms with E-state index in [1.54, 1.807) is 0 Å². The number of nitrogens with one attached hydrogen (secondary N) is 1. The Labute approximate surface area is 125 Å². The smallest absolute Gasteiger partial charge is 0.402 e. The van der Waals surface area contributed by atoms with Crippen LogP contribution in [0.15, 0.2) is 24.7 Å². The molecule has 0 atom stereocenters. The summed E-state index contributed by atoms with van der Waals surface area (Å²) in [6.07, 6.45) is -7.03. The normalized spacial score (nSPS) is 12.1. The lowest BCUT2D eigenvalue weighted by Crippen LogP contribution is -2.18. The first-order chi connectivity index (χ1) is 10.6. The van der Waals surface area contributed by atoms with E-state index in [1.165, 1.54) is 13.1 Å². The van der Waals surface area contributed by atoms with Gasteiger partial charge in [0.1, 0.15) is 0 Å². The highest BCUT2D eigenvalue weighted by Gasteiger charge is 2.34. The summed E-state index contributed by atoms with van der Waals surface area (Å²) in [5.74, 6) is -1.90. The first-order valence-corrected chi connectivity index (χ1v) is 5.93. The number of halogens is 6. The molecule has 0 bridgehead atoms. The predicted octanol–water partition coefficient (Wildman–Crippen LogP) is 3.50. The van der Waals surface area contributed by atoms with E-state index >= 15 is 0 Å². The molecule has 23 heavy (non-hydrogen) atoms. The zero-order chi connectivity index (χ0) is 17.3. The van der Waals surface area contributed by atoms with E-state index in [0.29, 0.717) is 0 Å². The second-order valence-corrected chi connectivity index (χ2v) is 4.16. The first-order valence-electron chi connectivity index (χ1n) is 5.93. The Bertz CT molecular complexity index is 683. The molecule has 124 valence electrons. The SMILES string of the molecule is CNc1cc(-c2cnc(C(F)(F)F)nc2)ncc1OC(F)(F)F. The van der Waals surface area contributed by atoms with Crippen molar-refractivity contribution in [1.29, 1.82) is 0 Å². The fourth-order valence-corrected chi connectivity index (χ4v) is 1.61.